The largest absolute Gasteiger partial charge is 0.475 e. The highest BCUT2D eigenvalue weighted by Crippen LogP contribution is 2.40. The summed E-state index contributed by atoms with van der Waals surface area (Å²) in [6, 6.07) is 1.48. The lowest BCUT2D eigenvalue weighted by molar-refractivity contribution is -0.0114. The molecule has 2 aliphatic carbocycles. The first-order valence-electron chi connectivity index (χ1n) is 10.5. The summed E-state index contributed by atoms with van der Waals surface area (Å²) in [5, 5.41) is 13.0. The van der Waals surface area contributed by atoms with E-state index in [9.17, 15) is 13.4 Å². The van der Waals surface area contributed by atoms with Gasteiger partial charge in [0.15, 0.2) is 9.92 Å². The fraction of sp³-hybridized carbons (Fsp3) is 0.500. The van der Waals surface area contributed by atoms with E-state index in [1.807, 2.05) is 4.90 Å². The Kier molecular flexibility index (Phi) is 4.18. The number of fused-ring (bicyclic) bond motifs is 3. The number of anilines is 1. The average Bonchev–Trinajstić information content (AvgIpc) is 3.06. The first-order chi connectivity index (χ1) is 14.9. The standard InChI is InChI=1S/C20H23FN6O3S/c21-13-7-26(8-13)14-9-27-19(30-10-14)17(6-23-27)31(22,29)25-20(28)24-18-15-3-1-11(15)5-12-2-4-16(12)18/h5-6,13-14H,1-4,7-10H2,(H3,22,24,25,28,29). The van der Waals surface area contributed by atoms with Crippen LogP contribution in [0.4, 0.5) is 14.9 Å². The lowest BCUT2D eigenvalue weighted by Gasteiger charge is -2.41. The van der Waals surface area contributed by atoms with E-state index in [-0.39, 0.29) is 16.8 Å². The van der Waals surface area contributed by atoms with Crippen LogP contribution in [0.3, 0.4) is 0 Å². The zero-order valence-electron chi connectivity index (χ0n) is 16.8. The SMILES string of the molecule is NS(=O)(=NC(=O)Nc1c2c(cc3c1CC3)CC2)c1cnn2c1OCC(N1CC(F)C1)C2. The van der Waals surface area contributed by atoms with Crippen LogP contribution in [0.1, 0.15) is 22.3 Å². The number of urea groups is 1. The number of halogens is 1. The Labute approximate surface area is 179 Å². The van der Waals surface area contributed by atoms with Gasteiger partial charge in [0.2, 0.25) is 5.88 Å². The van der Waals surface area contributed by atoms with Crippen molar-refractivity contribution in [1.29, 1.82) is 0 Å². The number of alkyl halides is 1. The second-order valence-electron chi connectivity index (χ2n) is 8.63. The molecule has 4 aliphatic rings. The number of amides is 2. The van der Waals surface area contributed by atoms with Gasteiger partial charge in [0.1, 0.15) is 17.7 Å². The number of rotatable bonds is 3. The molecule has 6 rings (SSSR count). The van der Waals surface area contributed by atoms with E-state index in [0.717, 1.165) is 42.5 Å². The minimum atomic E-state index is -3.54. The van der Waals surface area contributed by atoms with E-state index in [4.69, 9.17) is 9.88 Å². The number of carbonyl (C=O) groups is 1. The molecule has 0 bridgehead atoms. The number of carbonyl (C=O) groups excluding carboxylic acids is 1. The van der Waals surface area contributed by atoms with Crippen LogP contribution in [0.25, 0.3) is 0 Å². The molecule has 2 atom stereocenters. The molecule has 1 aromatic heterocycles. The zero-order chi connectivity index (χ0) is 21.3. The van der Waals surface area contributed by atoms with Gasteiger partial charge in [0, 0.05) is 18.8 Å². The molecule has 11 heteroatoms. The van der Waals surface area contributed by atoms with Gasteiger partial charge in [-0.2, -0.15) is 5.10 Å². The molecular weight excluding hydrogens is 423 g/mol. The van der Waals surface area contributed by atoms with Crippen molar-refractivity contribution >= 4 is 21.6 Å². The van der Waals surface area contributed by atoms with Gasteiger partial charge in [-0.15, -0.1) is 4.36 Å². The van der Waals surface area contributed by atoms with Gasteiger partial charge in [0.05, 0.1) is 18.8 Å². The predicted octanol–water partition coefficient (Wildman–Crippen LogP) is 1.43. The van der Waals surface area contributed by atoms with Gasteiger partial charge in [-0.3, -0.25) is 4.90 Å². The molecule has 3 N–H and O–H groups in total. The second kappa shape index (κ2) is 6.75. The fourth-order valence-electron chi connectivity index (χ4n) is 4.76. The summed E-state index contributed by atoms with van der Waals surface area (Å²) in [6.45, 7) is 1.56. The van der Waals surface area contributed by atoms with Crippen LogP contribution in [0.5, 0.6) is 5.88 Å². The lowest BCUT2D eigenvalue weighted by atomic mass is 9.76. The first kappa shape index (κ1) is 19.2. The van der Waals surface area contributed by atoms with Gasteiger partial charge in [-0.05, 0) is 47.9 Å². The summed E-state index contributed by atoms with van der Waals surface area (Å²) in [6.07, 6.45) is 4.41. The van der Waals surface area contributed by atoms with E-state index in [0.29, 0.717) is 26.2 Å². The molecule has 3 heterocycles. The number of hydrogen-bond donors (Lipinski definition) is 2. The van der Waals surface area contributed by atoms with Crippen molar-refractivity contribution < 1.29 is 18.1 Å². The Morgan fingerprint density at radius 2 is 1.94 bits per heavy atom. The highest BCUT2D eigenvalue weighted by Gasteiger charge is 2.37. The lowest BCUT2D eigenvalue weighted by Crippen LogP contribution is -2.57. The molecule has 0 radical (unpaired) electrons. The number of nitrogens with two attached hydrogens (primary N) is 1. The Morgan fingerprint density at radius 3 is 2.55 bits per heavy atom. The number of nitrogens with one attached hydrogen (secondary N) is 1. The third kappa shape index (κ3) is 3.06. The molecular formula is C20H23FN6O3S. The normalized spacial score (nSPS) is 23.6. The number of ether oxygens (including phenoxy) is 1. The van der Waals surface area contributed by atoms with Crippen LogP contribution in [0.2, 0.25) is 0 Å². The molecule has 2 unspecified atom stereocenters. The number of aryl methyl sites for hydroxylation is 2. The van der Waals surface area contributed by atoms with E-state index in [1.54, 1.807) is 4.68 Å². The highest BCUT2D eigenvalue weighted by atomic mass is 32.2. The molecule has 9 nitrogen and oxygen atoms in total. The topological polar surface area (TPSA) is 115 Å². The van der Waals surface area contributed by atoms with Gasteiger partial charge in [-0.1, -0.05) is 6.07 Å². The van der Waals surface area contributed by atoms with Crippen molar-refractivity contribution in [2.45, 2.75) is 49.3 Å². The minimum Gasteiger partial charge on any atom is -0.475 e. The van der Waals surface area contributed by atoms with Crippen molar-refractivity contribution in [3.05, 3.63) is 34.5 Å². The smallest absolute Gasteiger partial charge is 0.354 e. The number of aromatic nitrogens is 2. The Hall–Kier alpha value is -2.50. The number of likely N-dealkylation sites (tertiary alicyclic amines) is 1. The third-order valence-electron chi connectivity index (χ3n) is 6.72. The van der Waals surface area contributed by atoms with Crippen LogP contribution < -0.4 is 15.2 Å². The van der Waals surface area contributed by atoms with Crippen LogP contribution in [-0.2, 0) is 42.1 Å². The van der Waals surface area contributed by atoms with Gasteiger partial charge in [0.25, 0.3) is 0 Å². The van der Waals surface area contributed by atoms with Crippen LogP contribution in [0.15, 0.2) is 21.5 Å². The van der Waals surface area contributed by atoms with E-state index >= 15 is 0 Å². The summed E-state index contributed by atoms with van der Waals surface area (Å²) >= 11 is 0. The number of benzene rings is 1. The van der Waals surface area contributed by atoms with Gasteiger partial charge >= 0.3 is 6.03 Å². The van der Waals surface area contributed by atoms with Crippen molar-refractivity contribution in [2.24, 2.45) is 9.50 Å². The molecule has 1 saturated heterocycles. The summed E-state index contributed by atoms with van der Waals surface area (Å²) < 4.78 is 37.4. The maximum absolute atomic E-state index is 13.1. The monoisotopic (exact) mass is 446 g/mol. The van der Waals surface area contributed by atoms with Crippen LogP contribution >= 0.6 is 0 Å². The second-order valence-corrected chi connectivity index (χ2v) is 10.4. The maximum Gasteiger partial charge on any atom is 0.354 e. The van der Waals surface area contributed by atoms with E-state index in [1.165, 1.54) is 17.3 Å². The molecule has 0 spiro atoms. The summed E-state index contributed by atoms with van der Waals surface area (Å²) in [7, 11) is -3.54. The Bertz CT molecular complexity index is 1200. The Balaban J connectivity index is 1.23. The molecule has 1 aromatic carbocycles. The fourth-order valence-corrected chi connectivity index (χ4v) is 5.76. The van der Waals surface area contributed by atoms with E-state index in [2.05, 4.69) is 20.8 Å². The third-order valence-corrected chi connectivity index (χ3v) is 8.07. The van der Waals surface area contributed by atoms with E-state index < -0.39 is 22.1 Å². The summed E-state index contributed by atoms with van der Waals surface area (Å²) in [4.78, 5) is 14.7. The highest BCUT2D eigenvalue weighted by molar-refractivity contribution is 7.91. The Morgan fingerprint density at radius 1 is 1.23 bits per heavy atom. The molecule has 31 heavy (non-hydrogen) atoms. The van der Waals surface area contributed by atoms with Crippen molar-refractivity contribution in [1.82, 2.24) is 14.7 Å². The number of hydrogen-bond acceptors (Lipinski definition) is 5. The molecule has 2 aromatic rings. The molecule has 0 saturated carbocycles. The summed E-state index contributed by atoms with van der Waals surface area (Å²) in [5.41, 5.74) is 5.62. The van der Waals surface area contributed by atoms with Crippen molar-refractivity contribution in [3.63, 3.8) is 0 Å². The minimum absolute atomic E-state index is 0.00397. The quantitative estimate of drug-likeness (QED) is 0.740. The van der Waals surface area contributed by atoms with Crippen LogP contribution in [-0.4, -0.2) is 56.8 Å². The summed E-state index contributed by atoms with van der Waals surface area (Å²) in [5.74, 6) is 0.255. The average molecular weight is 447 g/mol. The maximum atomic E-state index is 13.1. The van der Waals surface area contributed by atoms with Crippen molar-refractivity contribution in [3.8, 4) is 5.88 Å². The predicted molar refractivity (Wildman–Crippen MR) is 111 cm³/mol. The van der Waals surface area contributed by atoms with Crippen molar-refractivity contribution in [2.75, 3.05) is 25.0 Å². The van der Waals surface area contributed by atoms with Gasteiger partial charge < -0.3 is 10.1 Å². The molecule has 1 fully saturated rings. The van der Waals surface area contributed by atoms with Crippen LogP contribution in [0, 0.1) is 0 Å². The number of nitrogens with zero attached hydrogens (tertiary/aromatic N) is 4. The van der Waals surface area contributed by atoms with Gasteiger partial charge in [-0.25, -0.2) is 23.2 Å². The molecule has 2 amide bonds. The molecule has 164 valence electrons. The zero-order valence-corrected chi connectivity index (χ0v) is 17.7. The first-order valence-corrected chi connectivity index (χ1v) is 12.1. The molecule has 2 aliphatic heterocycles.